The van der Waals surface area contributed by atoms with Gasteiger partial charge in [0.05, 0.1) is 4.90 Å². The molecule has 14 heavy (non-hydrogen) atoms. The van der Waals surface area contributed by atoms with E-state index in [4.69, 9.17) is 0 Å². The minimum Gasteiger partial charge on any atom is -0.280 e. The predicted molar refractivity (Wildman–Crippen MR) is 55.6 cm³/mol. The molecule has 0 bridgehead atoms. The van der Waals surface area contributed by atoms with Gasteiger partial charge in [0.15, 0.2) is 18.8 Å². The van der Waals surface area contributed by atoms with E-state index in [0.29, 0.717) is 5.25 Å². The number of pyridine rings is 1. The number of nitrogens with zero attached hydrogens (tertiary/aromatic N) is 1. The minimum atomic E-state index is -2.29. The number of hydrogen-bond acceptors (Lipinski definition) is 1. The molecule has 0 spiro atoms. The average molecular weight is 216 g/mol. The van der Waals surface area contributed by atoms with Crippen LogP contribution in [0.1, 0.15) is 13.8 Å². The third kappa shape index (κ3) is 4.09. The van der Waals surface area contributed by atoms with E-state index in [-0.39, 0.29) is 6.44 Å². The van der Waals surface area contributed by atoms with Crippen molar-refractivity contribution in [2.45, 2.75) is 30.4 Å². The molecular formula is C9H13BF2NS+. The second-order valence-corrected chi connectivity index (χ2v) is 4.94. The molecule has 0 radical (unpaired) electrons. The molecule has 1 rings (SSSR count). The van der Waals surface area contributed by atoms with Crippen molar-refractivity contribution < 1.29 is 13.2 Å². The van der Waals surface area contributed by atoms with E-state index in [2.05, 4.69) is 13.8 Å². The molecule has 0 amide bonds. The molecule has 0 unspecified atom stereocenters. The van der Waals surface area contributed by atoms with Crippen molar-refractivity contribution in [3.8, 4) is 0 Å². The summed E-state index contributed by atoms with van der Waals surface area (Å²) in [5.41, 5.74) is 0. The van der Waals surface area contributed by atoms with Crippen LogP contribution in [0.25, 0.3) is 0 Å². The van der Waals surface area contributed by atoms with Gasteiger partial charge in [0.2, 0.25) is 0 Å². The van der Waals surface area contributed by atoms with Crippen LogP contribution in [-0.2, 0) is 6.44 Å². The maximum atomic E-state index is 12.1. The first-order valence-electron chi connectivity index (χ1n) is 4.52. The number of aromatic nitrogens is 1. The Morgan fingerprint density at radius 2 is 2.21 bits per heavy atom. The zero-order chi connectivity index (χ0) is 10.6. The van der Waals surface area contributed by atoms with E-state index < -0.39 is 7.27 Å². The Morgan fingerprint density at radius 1 is 1.50 bits per heavy atom. The molecule has 5 heteroatoms. The Balaban J connectivity index is 2.68. The fourth-order valence-electron chi connectivity index (χ4n) is 1.11. The van der Waals surface area contributed by atoms with E-state index in [1.165, 1.54) is 4.57 Å². The van der Waals surface area contributed by atoms with Gasteiger partial charge in [-0.25, -0.2) is 4.57 Å². The second-order valence-electron chi connectivity index (χ2n) is 3.29. The van der Waals surface area contributed by atoms with E-state index in [1.807, 2.05) is 6.07 Å². The fraction of sp³-hybridized carbons (Fsp3) is 0.444. The number of thioether (sulfide) groups is 1. The molecule has 0 saturated heterocycles. The van der Waals surface area contributed by atoms with Crippen LogP contribution in [0.4, 0.5) is 8.63 Å². The van der Waals surface area contributed by atoms with Crippen molar-refractivity contribution >= 4 is 19.0 Å². The second kappa shape index (κ2) is 5.34. The molecular weight excluding hydrogens is 203 g/mol. The van der Waals surface area contributed by atoms with Gasteiger partial charge in [0.1, 0.15) is 0 Å². The lowest BCUT2D eigenvalue weighted by Crippen LogP contribution is -2.38. The van der Waals surface area contributed by atoms with Crippen molar-refractivity contribution in [3.63, 3.8) is 0 Å². The van der Waals surface area contributed by atoms with E-state index in [1.54, 1.807) is 30.2 Å². The molecule has 1 heterocycles. The minimum absolute atomic E-state index is 0.230. The summed E-state index contributed by atoms with van der Waals surface area (Å²) in [5.74, 6) is 0. The first-order chi connectivity index (χ1) is 6.58. The lowest BCUT2D eigenvalue weighted by atomic mass is 10.00. The van der Waals surface area contributed by atoms with Gasteiger partial charge < -0.3 is 0 Å². The van der Waals surface area contributed by atoms with Crippen LogP contribution in [0.2, 0.25) is 0 Å². The van der Waals surface area contributed by atoms with Gasteiger partial charge in [-0.3, -0.25) is 8.63 Å². The molecule has 0 saturated carbocycles. The molecule has 1 nitrogen and oxygen atoms in total. The molecule has 1 aromatic heterocycles. The summed E-state index contributed by atoms with van der Waals surface area (Å²) in [6, 6.07) is 3.74. The van der Waals surface area contributed by atoms with Gasteiger partial charge in [-0.05, 0) is 6.07 Å². The Kier molecular flexibility index (Phi) is 4.39. The number of hydrogen-bond donors (Lipinski definition) is 0. The van der Waals surface area contributed by atoms with E-state index in [9.17, 15) is 8.63 Å². The molecule has 0 aliphatic heterocycles. The van der Waals surface area contributed by atoms with Gasteiger partial charge in [-0.1, -0.05) is 13.8 Å². The quantitative estimate of drug-likeness (QED) is 0.424. The smallest absolute Gasteiger partial charge is 0.280 e. The highest BCUT2D eigenvalue weighted by Gasteiger charge is 2.19. The third-order valence-electron chi connectivity index (χ3n) is 1.55. The van der Waals surface area contributed by atoms with Gasteiger partial charge >= 0.3 is 7.27 Å². The maximum Gasteiger partial charge on any atom is 0.604 e. The summed E-state index contributed by atoms with van der Waals surface area (Å²) in [4.78, 5) is 1.03. The summed E-state index contributed by atoms with van der Waals surface area (Å²) in [6.07, 6.45) is 3.19. The molecule has 0 N–H and O–H groups in total. The fourth-order valence-corrected chi connectivity index (χ4v) is 2.01. The Labute approximate surface area is 87.7 Å². The van der Waals surface area contributed by atoms with Crippen LogP contribution in [0, 0.1) is 0 Å². The highest BCUT2D eigenvalue weighted by molar-refractivity contribution is 7.99. The first kappa shape index (κ1) is 11.5. The Bertz CT molecular complexity index is 269. The third-order valence-corrected chi connectivity index (χ3v) is 2.54. The Morgan fingerprint density at radius 3 is 2.79 bits per heavy atom. The van der Waals surface area contributed by atoms with Gasteiger partial charge in [-0.15, -0.1) is 11.8 Å². The van der Waals surface area contributed by atoms with Gasteiger partial charge in [-0.2, -0.15) is 0 Å². The van der Waals surface area contributed by atoms with Crippen LogP contribution >= 0.6 is 11.8 Å². The predicted octanol–water partition coefficient (Wildman–Crippen LogP) is 2.44. The van der Waals surface area contributed by atoms with Crippen LogP contribution < -0.4 is 4.57 Å². The summed E-state index contributed by atoms with van der Waals surface area (Å²) in [7, 11) is -2.29. The topological polar surface area (TPSA) is 3.88 Å². The summed E-state index contributed by atoms with van der Waals surface area (Å²) in [5, 5.41) is 0.470. The number of halogens is 2. The molecule has 0 fully saturated rings. The van der Waals surface area contributed by atoms with Crippen LogP contribution in [0.5, 0.6) is 0 Å². The zero-order valence-corrected chi connectivity index (χ0v) is 9.10. The van der Waals surface area contributed by atoms with Crippen molar-refractivity contribution in [1.29, 1.82) is 0 Å². The average Bonchev–Trinajstić information content (AvgIpc) is 2.01. The Hall–Kier alpha value is -0.575. The SMILES string of the molecule is CC(C)Sc1ccc[n+](CB(F)F)c1. The zero-order valence-electron chi connectivity index (χ0n) is 8.28. The lowest BCUT2D eigenvalue weighted by molar-refractivity contribution is -0.683. The van der Waals surface area contributed by atoms with Gasteiger partial charge in [0, 0.05) is 11.3 Å². The highest BCUT2D eigenvalue weighted by Crippen LogP contribution is 2.20. The van der Waals surface area contributed by atoms with Crippen LogP contribution in [0.15, 0.2) is 29.4 Å². The largest absolute Gasteiger partial charge is 0.604 e. The van der Waals surface area contributed by atoms with Crippen molar-refractivity contribution in [3.05, 3.63) is 24.5 Å². The molecule has 1 aromatic rings. The molecule has 76 valence electrons. The standard InChI is InChI=1S/C9H13BF2NS/c1-8(2)14-9-4-3-5-13(6-9)7-10(11)12/h3-6,8H,7H2,1-2H3/q+1. The summed E-state index contributed by atoms with van der Waals surface area (Å²) >= 11 is 1.67. The molecule has 0 atom stereocenters. The summed E-state index contributed by atoms with van der Waals surface area (Å²) in [6.45, 7) is 4.16. The molecule has 0 aliphatic carbocycles. The van der Waals surface area contributed by atoms with Crippen molar-refractivity contribution in [2.24, 2.45) is 0 Å². The maximum absolute atomic E-state index is 12.1. The molecule has 0 aromatic carbocycles. The number of rotatable bonds is 4. The van der Waals surface area contributed by atoms with Crippen molar-refractivity contribution in [2.75, 3.05) is 0 Å². The van der Waals surface area contributed by atoms with Crippen LogP contribution in [0.3, 0.4) is 0 Å². The van der Waals surface area contributed by atoms with E-state index >= 15 is 0 Å². The summed E-state index contributed by atoms with van der Waals surface area (Å²) < 4.78 is 25.7. The van der Waals surface area contributed by atoms with E-state index in [0.717, 1.165) is 4.90 Å². The monoisotopic (exact) mass is 216 g/mol. The normalized spacial score (nSPS) is 10.6. The van der Waals surface area contributed by atoms with Crippen LogP contribution in [-0.4, -0.2) is 12.5 Å². The molecule has 0 aliphatic rings. The first-order valence-corrected chi connectivity index (χ1v) is 5.40. The van der Waals surface area contributed by atoms with Crippen molar-refractivity contribution in [1.82, 2.24) is 0 Å². The van der Waals surface area contributed by atoms with Gasteiger partial charge in [0.25, 0.3) is 0 Å². The lowest BCUT2D eigenvalue weighted by Gasteiger charge is -2.02. The highest BCUT2D eigenvalue weighted by atomic mass is 32.2.